The highest BCUT2D eigenvalue weighted by Crippen LogP contribution is 2.25. The molecular weight excluding hydrogens is 240 g/mol. The lowest BCUT2D eigenvalue weighted by molar-refractivity contribution is 0.0900. The third-order valence-corrected chi connectivity index (χ3v) is 3.92. The van der Waals surface area contributed by atoms with E-state index in [9.17, 15) is 0 Å². The molecule has 0 aliphatic carbocycles. The van der Waals surface area contributed by atoms with Gasteiger partial charge in [-0.05, 0) is 18.9 Å². The zero-order chi connectivity index (χ0) is 13.2. The molecule has 3 rings (SSSR count). The number of imidazole rings is 1. The molecule has 2 aromatic heterocycles. The lowest BCUT2D eigenvalue weighted by Gasteiger charge is -2.17. The molecule has 0 aromatic carbocycles. The molecule has 0 saturated carbocycles. The van der Waals surface area contributed by atoms with Gasteiger partial charge in [-0.2, -0.15) is 0 Å². The minimum atomic E-state index is 0.385. The molecule has 0 radical (unpaired) electrons. The summed E-state index contributed by atoms with van der Waals surface area (Å²) >= 11 is 0. The van der Waals surface area contributed by atoms with E-state index in [2.05, 4.69) is 22.2 Å². The van der Waals surface area contributed by atoms with Gasteiger partial charge in [-0.3, -0.25) is 0 Å². The molecule has 5 nitrogen and oxygen atoms in total. The molecule has 1 aliphatic rings. The Morgan fingerprint density at radius 3 is 3.21 bits per heavy atom. The summed E-state index contributed by atoms with van der Waals surface area (Å²) in [7, 11) is 2.00. The van der Waals surface area contributed by atoms with E-state index < -0.39 is 0 Å². The van der Waals surface area contributed by atoms with E-state index in [-0.39, 0.29) is 0 Å². The molecule has 2 atom stereocenters. The lowest BCUT2D eigenvalue weighted by Crippen LogP contribution is -2.23. The van der Waals surface area contributed by atoms with Crippen molar-refractivity contribution in [2.45, 2.75) is 25.9 Å². The molecule has 3 heterocycles. The first-order valence-electron chi connectivity index (χ1n) is 6.91. The highest BCUT2D eigenvalue weighted by atomic mass is 16.5. The van der Waals surface area contributed by atoms with Gasteiger partial charge in [0.05, 0.1) is 17.9 Å². The molecular formula is C14H20N4O. The second-order valence-corrected chi connectivity index (χ2v) is 5.13. The smallest absolute Gasteiger partial charge is 0.154 e. The fraction of sp³-hybridized carbons (Fsp3) is 0.571. The first-order chi connectivity index (χ1) is 9.29. The Hall–Kier alpha value is -1.62. The summed E-state index contributed by atoms with van der Waals surface area (Å²) in [4.78, 5) is 8.81. The van der Waals surface area contributed by atoms with Crippen LogP contribution in [0.5, 0.6) is 0 Å². The van der Waals surface area contributed by atoms with Crippen molar-refractivity contribution in [3.05, 3.63) is 18.6 Å². The molecule has 5 heteroatoms. The molecule has 0 spiro atoms. The van der Waals surface area contributed by atoms with Gasteiger partial charge in [0.15, 0.2) is 5.82 Å². The van der Waals surface area contributed by atoms with Crippen molar-refractivity contribution in [3.8, 4) is 0 Å². The van der Waals surface area contributed by atoms with Gasteiger partial charge in [-0.1, -0.05) is 6.92 Å². The second kappa shape index (κ2) is 5.17. The molecule has 102 valence electrons. The van der Waals surface area contributed by atoms with Gasteiger partial charge in [-0.15, -0.1) is 0 Å². The average molecular weight is 260 g/mol. The Kier molecular flexibility index (Phi) is 3.38. The van der Waals surface area contributed by atoms with Crippen LogP contribution in [-0.4, -0.2) is 33.8 Å². The van der Waals surface area contributed by atoms with E-state index in [4.69, 9.17) is 4.74 Å². The van der Waals surface area contributed by atoms with Crippen molar-refractivity contribution < 1.29 is 4.74 Å². The Bertz CT molecular complexity index is 566. The Morgan fingerprint density at radius 1 is 1.47 bits per heavy atom. The van der Waals surface area contributed by atoms with Gasteiger partial charge in [0.25, 0.3) is 0 Å². The number of ether oxygens (including phenoxy) is 1. The number of aryl methyl sites for hydroxylation is 1. The molecule has 1 fully saturated rings. The number of nitrogens with one attached hydrogen (secondary N) is 1. The minimum absolute atomic E-state index is 0.385. The van der Waals surface area contributed by atoms with Crippen molar-refractivity contribution in [1.29, 1.82) is 0 Å². The van der Waals surface area contributed by atoms with Gasteiger partial charge in [0.1, 0.15) is 5.52 Å². The molecule has 0 bridgehead atoms. The number of hydrogen-bond donors (Lipinski definition) is 1. The van der Waals surface area contributed by atoms with E-state index in [0.717, 1.165) is 42.8 Å². The van der Waals surface area contributed by atoms with Crippen molar-refractivity contribution in [2.24, 2.45) is 13.0 Å². The highest BCUT2D eigenvalue weighted by Gasteiger charge is 2.26. The van der Waals surface area contributed by atoms with Gasteiger partial charge >= 0.3 is 0 Å². The third kappa shape index (κ3) is 2.30. The third-order valence-electron chi connectivity index (χ3n) is 3.92. The molecule has 19 heavy (non-hydrogen) atoms. The van der Waals surface area contributed by atoms with E-state index in [0.29, 0.717) is 12.0 Å². The monoisotopic (exact) mass is 260 g/mol. The van der Waals surface area contributed by atoms with Crippen molar-refractivity contribution in [3.63, 3.8) is 0 Å². The van der Waals surface area contributed by atoms with Crippen LogP contribution in [-0.2, 0) is 11.8 Å². The zero-order valence-corrected chi connectivity index (χ0v) is 11.5. The fourth-order valence-corrected chi connectivity index (χ4v) is 2.80. The quantitative estimate of drug-likeness (QED) is 0.915. The van der Waals surface area contributed by atoms with Crippen LogP contribution in [0.15, 0.2) is 18.6 Å². The van der Waals surface area contributed by atoms with Crippen molar-refractivity contribution in [2.75, 3.05) is 18.5 Å². The summed E-state index contributed by atoms with van der Waals surface area (Å²) in [6, 6.07) is 1.99. The number of pyridine rings is 1. The molecule has 1 aliphatic heterocycles. The number of fused-ring (bicyclic) bond motifs is 1. The van der Waals surface area contributed by atoms with E-state index in [1.165, 1.54) is 0 Å². The van der Waals surface area contributed by atoms with E-state index in [1.807, 2.05) is 30.2 Å². The standard InChI is InChI=1S/C14H20N4O/c1-3-12-10(5-7-19-12)8-16-14-13-11(4-6-15-14)18(2)9-17-13/h4,6,9-10,12H,3,5,7-8H2,1-2H3,(H,15,16). The summed E-state index contributed by atoms with van der Waals surface area (Å²) in [5.74, 6) is 1.45. The Balaban J connectivity index is 1.75. The summed E-state index contributed by atoms with van der Waals surface area (Å²) in [6.07, 6.45) is 6.24. The maximum atomic E-state index is 5.71. The van der Waals surface area contributed by atoms with Crippen molar-refractivity contribution >= 4 is 16.9 Å². The van der Waals surface area contributed by atoms with Crippen molar-refractivity contribution in [1.82, 2.24) is 14.5 Å². The molecule has 2 unspecified atom stereocenters. The second-order valence-electron chi connectivity index (χ2n) is 5.13. The molecule has 0 amide bonds. The number of nitrogens with zero attached hydrogens (tertiary/aromatic N) is 3. The first kappa shape index (κ1) is 12.4. The van der Waals surface area contributed by atoms with Crippen LogP contribution in [0.1, 0.15) is 19.8 Å². The molecule has 2 aromatic rings. The van der Waals surface area contributed by atoms with Crippen LogP contribution in [0.3, 0.4) is 0 Å². The van der Waals surface area contributed by atoms with Crippen LogP contribution in [0.2, 0.25) is 0 Å². The number of anilines is 1. The number of rotatable bonds is 4. The predicted octanol–water partition coefficient (Wildman–Crippen LogP) is 2.20. The van der Waals surface area contributed by atoms with Crippen LogP contribution < -0.4 is 5.32 Å². The van der Waals surface area contributed by atoms with Crippen LogP contribution in [0, 0.1) is 5.92 Å². The highest BCUT2D eigenvalue weighted by molar-refractivity contribution is 5.85. The fourth-order valence-electron chi connectivity index (χ4n) is 2.80. The van der Waals surface area contributed by atoms with Gasteiger partial charge in [0, 0.05) is 32.3 Å². The zero-order valence-electron chi connectivity index (χ0n) is 11.5. The SMILES string of the molecule is CCC1OCCC1CNc1nccc2c1ncn2C. The number of hydrogen-bond acceptors (Lipinski definition) is 4. The van der Waals surface area contributed by atoms with Crippen LogP contribution in [0.25, 0.3) is 11.0 Å². The number of aromatic nitrogens is 3. The van der Waals surface area contributed by atoms with E-state index >= 15 is 0 Å². The van der Waals surface area contributed by atoms with Gasteiger partial charge in [-0.25, -0.2) is 9.97 Å². The topological polar surface area (TPSA) is 52.0 Å². The summed E-state index contributed by atoms with van der Waals surface area (Å²) in [5.41, 5.74) is 2.05. The van der Waals surface area contributed by atoms with Crippen LogP contribution >= 0.6 is 0 Å². The maximum absolute atomic E-state index is 5.71. The maximum Gasteiger partial charge on any atom is 0.154 e. The normalized spacial score (nSPS) is 23.1. The van der Waals surface area contributed by atoms with Crippen LogP contribution in [0.4, 0.5) is 5.82 Å². The predicted molar refractivity (Wildman–Crippen MR) is 75.1 cm³/mol. The Morgan fingerprint density at radius 2 is 2.37 bits per heavy atom. The van der Waals surface area contributed by atoms with Gasteiger partial charge in [0.2, 0.25) is 0 Å². The largest absolute Gasteiger partial charge is 0.378 e. The van der Waals surface area contributed by atoms with Gasteiger partial charge < -0.3 is 14.6 Å². The summed E-state index contributed by atoms with van der Waals surface area (Å²) < 4.78 is 7.72. The molecule has 1 N–H and O–H groups in total. The first-order valence-corrected chi connectivity index (χ1v) is 6.91. The lowest BCUT2D eigenvalue weighted by atomic mass is 10.00. The Labute approximate surface area is 113 Å². The summed E-state index contributed by atoms with van der Waals surface area (Å²) in [6.45, 7) is 3.97. The van der Waals surface area contributed by atoms with E-state index in [1.54, 1.807) is 0 Å². The average Bonchev–Trinajstić information content (AvgIpc) is 3.03. The summed E-state index contributed by atoms with van der Waals surface area (Å²) in [5, 5.41) is 3.44. The molecule has 1 saturated heterocycles. The minimum Gasteiger partial charge on any atom is -0.378 e.